The van der Waals surface area contributed by atoms with E-state index in [-0.39, 0.29) is 43.8 Å². The Morgan fingerprint density at radius 1 is 1.50 bits per heavy atom. The third kappa shape index (κ3) is 8.29. The van der Waals surface area contributed by atoms with Crippen LogP contribution in [0, 0.1) is 0 Å². The monoisotopic (exact) mass is 174 g/mol. The second-order valence-corrected chi connectivity index (χ2v) is 1.54. The molecule has 0 aromatic heterocycles. The van der Waals surface area contributed by atoms with E-state index in [2.05, 4.69) is 17.1 Å². The Bertz CT molecular complexity index is 131. The van der Waals surface area contributed by atoms with Crippen LogP contribution in [0.3, 0.4) is 0 Å². The maximum atomic E-state index is 10.2. The molecule has 0 aliphatic heterocycles. The van der Waals surface area contributed by atoms with Gasteiger partial charge in [0, 0.05) is 12.9 Å². The van der Waals surface area contributed by atoms with E-state index in [1.165, 1.54) is 0 Å². The Hall–Kier alpha value is 0.290. The predicted molar refractivity (Wildman–Crippen MR) is 33.1 cm³/mol. The van der Waals surface area contributed by atoms with Gasteiger partial charge in [0.2, 0.25) is 0 Å². The fourth-order valence-corrected chi connectivity index (χ4v) is 0.346. The van der Waals surface area contributed by atoms with E-state index in [0.29, 0.717) is 0 Å². The molecule has 0 aliphatic carbocycles. The summed E-state index contributed by atoms with van der Waals surface area (Å²) in [5, 5.41) is 8.03. The molecule has 0 aliphatic rings. The maximum absolute atomic E-state index is 10.2. The van der Waals surface area contributed by atoms with Gasteiger partial charge in [-0.25, -0.2) is 0 Å². The van der Waals surface area contributed by atoms with Crippen LogP contribution < -0.4 is 29.6 Å². The van der Waals surface area contributed by atoms with Crippen molar-refractivity contribution in [2.45, 2.75) is 12.8 Å². The number of carbonyl (C=O) groups is 2. The molecule has 0 unspecified atom stereocenters. The Balaban J connectivity index is -0.000000320. The van der Waals surface area contributed by atoms with Crippen LogP contribution in [0.25, 0.3) is 0 Å². The predicted octanol–water partition coefficient (Wildman–Crippen LogP) is -2.64. The minimum Gasteiger partial charge on any atom is -1.00 e. The molecule has 0 bridgehead atoms. The Labute approximate surface area is 87.3 Å². The summed E-state index contributed by atoms with van der Waals surface area (Å²) in [5.41, 5.74) is 0. The van der Waals surface area contributed by atoms with E-state index in [1.807, 2.05) is 0 Å². The first kappa shape index (κ1) is 12.9. The van der Waals surface area contributed by atoms with Crippen molar-refractivity contribution >= 4 is 24.8 Å². The summed E-state index contributed by atoms with van der Waals surface area (Å²) < 4.78 is 3.89. The van der Waals surface area contributed by atoms with Gasteiger partial charge in [0.15, 0.2) is 0 Å². The molecule has 0 aromatic carbocycles. The van der Waals surface area contributed by atoms with Crippen molar-refractivity contribution in [3.63, 3.8) is 0 Å². The van der Waals surface area contributed by atoms with E-state index in [9.17, 15) is 9.59 Å². The van der Waals surface area contributed by atoms with Crippen LogP contribution in [-0.2, 0) is 13.8 Å². The van der Waals surface area contributed by atoms with Crippen LogP contribution in [0.1, 0.15) is 14.3 Å². The van der Waals surface area contributed by atoms with Crippen LogP contribution in [0.5, 0.6) is 0 Å². The number of thiol groups is 1. The quantitative estimate of drug-likeness (QED) is 0.279. The fraction of sp³-hybridized carbons (Fsp3) is 0.500. The number of carboxylic acids is 1. The van der Waals surface area contributed by atoms with Gasteiger partial charge in [-0.1, -0.05) is 0 Å². The van der Waals surface area contributed by atoms with Crippen molar-refractivity contribution in [1.82, 2.24) is 0 Å². The molecule has 1 N–H and O–H groups in total. The van der Waals surface area contributed by atoms with Crippen LogP contribution in [0.2, 0.25) is 0 Å². The van der Waals surface area contributed by atoms with Gasteiger partial charge in [0.1, 0.15) is 0 Å². The zero-order valence-electron chi connectivity index (χ0n) is 6.53. The molecule has 6 heteroatoms. The molecule has 54 valence electrons. The first-order valence-corrected chi connectivity index (χ1v) is 2.59. The molecule has 0 amide bonds. The van der Waals surface area contributed by atoms with Crippen molar-refractivity contribution < 1.29 is 49.9 Å². The number of carbonyl (C=O) groups excluding carboxylic acids is 1. The Morgan fingerprint density at radius 3 is 2.30 bits per heavy atom. The molecule has 0 saturated heterocycles. The summed E-state index contributed by atoms with van der Waals surface area (Å²) in [7, 11) is 0. The minimum atomic E-state index is -1.02. The molecular weight excluding hydrogens is 167 g/mol. The molecule has 0 saturated carbocycles. The van der Waals surface area contributed by atoms with Crippen LogP contribution in [-0.4, -0.2) is 17.0 Å². The number of rotatable bonds is 3. The standard InChI is InChI=1S/C4H6O4S.Na.H/c5-3(6)1-2-4(7)8-9;;/h9H,1-2H2,(H,5,6);;/q;+1;-1. The fourth-order valence-electron chi connectivity index (χ4n) is 0.255. The third-order valence-electron chi connectivity index (χ3n) is 0.645. The van der Waals surface area contributed by atoms with Crippen molar-refractivity contribution in [2.75, 3.05) is 0 Å². The topological polar surface area (TPSA) is 63.6 Å². The van der Waals surface area contributed by atoms with Crippen molar-refractivity contribution in [1.29, 1.82) is 0 Å². The average Bonchev–Trinajstić information content (AvgIpc) is 1.83. The zero-order valence-corrected chi connectivity index (χ0v) is 8.43. The SMILES string of the molecule is O=C(O)CCC(=O)OS.[H-].[Na+]. The molecule has 0 atom stereocenters. The normalized spacial score (nSPS) is 7.70. The summed E-state index contributed by atoms with van der Waals surface area (Å²) in [6, 6.07) is 0. The van der Waals surface area contributed by atoms with E-state index < -0.39 is 11.9 Å². The Morgan fingerprint density at radius 2 is 2.00 bits per heavy atom. The van der Waals surface area contributed by atoms with Gasteiger partial charge >= 0.3 is 41.5 Å². The molecule has 10 heavy (non-hydrogen) atoms. The molecule has 0 heterocycles. The van der Waals surface area contributed by atoms with Gasteiger partial charge in [-0.3, -0.25) is 9.59 Å². The summed E-state index contributed by atoms with van der Waals surface area (Å²) >= 11 is 3.18. The van der Waals surface area contributed by atoms with Gasteiger partial charge in [0.05, 0.1) is 12.8 Å². The van der Waals surface area contributed by atoms with E-state index >= 15 is 0 Å². The van der Waals surface area contributed by atoms with Gasteiger partial charge in [0.25, 0.3) is 0 Å². The summed E-state index contributed by atoms with van der Waals surface area (Å²) in [4.78, 5) is 19.9. The van der Waals surface area contributed by atoms with E-state index in [0.717, 1.165) is 0 Å². The smallest absolute Gasteiger partial charge is 1.00 e. The summed E-state index contributed by atoms with van der Waals surface area (Å²) in [6.45, 7) is 0. The van der Waals surface area contributed by atoms with Crippen LogP contribution >= 0.6 is 12.9 Å². The minimum absolute atomic E-state index is 0. The number of hydrogen-bond donors (Lipinski definition) is 2. The van der Waals surface area contributed by atoms with Crippen molar-refractivity contribution in [2.24, 2.45) is 0 Å². The maximum Gasteiger partial charge on any atom is 1.00 e. The van der Waals surface area contributed by atoms with Crippen molar-refractivity contribution in [3.05, 3.63) is 0 Å². The number of carboxylic acid groups (broad SMARTS) is 1. The molecule has 0 fully saturated rings. The second kappa shape index (κ2) is 7.40. The third-order valence-corrected chi connectivity index (χ3v) is 0.848. The number of hydrogen-bond acceptors (Lipinski definition) is 4. The summed E-state index contributed by atoms with van der Waals surface area (Å²) in [6.07, 6.45) is -0.335. The molecular formula is C4H7NaO4S. The summed E-state index contributed by atoms with van der Waals surface area (Å²) in [5.74, 6) is -1.64. The van der Waals surface area contributed by atoms with Gasteiger partial charge in [-0.05, 0) is 0 Å². The first-order valence-electron chi connectivity index (χ1n) is 2.23. The Kier molecular flexibility index (Phi) is 9.56. The van der Waals surface area contributed by atoms with E-state index in [1.54, 1.807) is 0 Å². The van der Waals surface area contributed by atoms with Crippen LogP contribution in [0.4, 0.5) is 0 Å². The first-order chi connectivity index (χ1) is 4.16. The average molecular weight is 174 g/mol. The zero-order chi connectivity index (χ0) is 7.28. The van der Waals surface area contributed by atoms with Crippen molar-refractivity contribution in [3.8, 4) is 0 Å². The molecule has 0 radical (unpaired) electrons. The molecule has 0 spiro atoms. The molecule has 0 rings (SSSR count). The largest absolute Gasteiger partial charge is 1.00 e. The molecule has 4 nitrogen and oxygen atoms in total. The number of aliphatic carboxylic acids is 1. The van der Waals surface area contributed by atoms with Crippen LogP contribution in [0.15, 0.2) is 0 Å². The van der Waals surface area contributed by atoms with Gasteiger partial charge in [-0.15, -0.1) is 0 Å². The molecule has 0 aromatic rings. The van der Waals surface area contributed by atoms with Gasteiger partial charge in [-0.2, -0.15) is 0 Å². The van der Waals surface area contributed by atoms with Gasteiger partial charge < -0.3 is 10.7 Å². The second-order valence-electron chi connectivity index (χ2n) is 1.36. The van der Waals surface area contributed by atoms with E-state index in [4.69, 9.17) is 5.11 Å².